The molecule has 0 spiro atoms. The van der Waals surface area contributed by atoms with E-state index >= 15 is 0 Å². The number of carbonyl (C=O) groups excluding carboxylic acids is 1. The summed E-state index contributed by atoms with van der Waals surface area (Å²) in [7, 11) is 1.73. The van der Waals surface area contributed by atoms with Crippen molar-refractivity contribution in [3.05, 3.63) is 29.8 Å². The summed E-state index contributed by atoms with van der Waals surface area (Å²) in [5.74, 6) is -0.0168. The number of benzene rings is 1. The average molecular weight is 358 g/mol. The van der Waals surface area contributed by atoms with Gasteiger partial charge in [0.15, 0.2) is 0 Å². The maximum atomic E-state index is 12.8. The van der Waals surface area contributed by atoms with Gasteiger partial charge >= 0.3 is 6.18 Å². The lowest BCUT2D eigenvalue weighted by atomic mass is 10.1. The lowest BCUT2D eigenvalue weighted by molar-refractivity contribution is -0.137. The highest BCUT2D eigenvalue weighted by Crippen LogP contribution is 2.31. The Kier molecular flexibility index (Phi) is 7.07. The number of hydrogen-bond donors (Lipinski definition) is 2. The second-order valence-electron chi connectivity index (χ2n) is 6.11. The predicted octanol–water partition coefficient (Wildman–Crippen LogP) is 1.55. The molecule has 2 N–H and O–H groups in total. The molecule has 140 valence electrons. The van der Waals surface area contributed by atoms with Crippen molar-refractivity contribution in [1.82, 2.24) is 15.5 Å². The molecule has 1 aromatic carbocycles. The fraction of sp³-hybridized carbons (Fsp3) is 0.588. The standard InChI is InChI=1S/C17H25F3N4O/c1-21-13-16(25)22-6-3-7-23-8-10-24(11-9-23)15-5-2-4-14(12-15)17(18,19)20/h2,4-5,12,21H,3,6-11,13H2,1H3,(H,22,25). The number of amides is 1. The number of anilines is 1. The second kappa shape index (κ2) is 9.05. The lowest BCUT2D eigenvalue weighted by Gasteiger charge is -2.36. The van der Waals surface area contributed by atoms with Gasteiger partial charge < -0.3 is 15.5 Å². The van der Waals surface area contributed by atoms with E-state index < -0.39 is 11.7 Å². The molecule has 8 heteroatoms. The van der Waals surface area contributed by atoms with Crippen LogP contribution in [0.1, 0.15) is 12.0 Å². The third-order valence-corrected chi connectivity index (χ3v) is 4.22. The monoisotopic (exact) mass is 358 g/mol. The fourth-order valence-corrected chi connectivity index (χ4v) is 2.86. The van der Waals surface area contributed by atoms with Crippen molar-refractivity contribution in [1.29, 1.82) is 0 Å². The highest BCUT2D eigenvalue weighted by molar-refractivity contribution is 5.77. The van der Waals surface area contributed by atoms with Crippen LogP contribution in [0.5, 0.6) is 0 Å². The molecule has 0 aliphatic carbocycles. The molecule has 1 aromatic rings. The fourth-order valence-electron chi connectivity index (χ4n) is 2.86. The van der Waals surface area contributed by atoms with E-state index in [2.05, 4.69) is 15.5 Å². The van der Waals surface area contributed by atoms with E-state index in [9.17, 15) is 18.0 Å². The SMILES string of the molecule is CNCC(=O)NCCCN1CCN(c2cccc(C(F)(F)F)c2)CC1. The Balaban J connectivity index is 1.74. The maximum Gasteiger partial charge on any atom is 0.416 e. The molecule has 1 fully saturated rings. The summed E-state index contributed by atoms with van der Waals surface area (Å²) < 4.78 is 38.4. The largest absolute Gasteiger partial charge is 0.416 e. The molecule has 0 bridgehead atoms. The number of rotatable bonds is 7. The van der Waals surface area contributed by atoms with Gasteiger partial charge in [-0.25, -0.2) is 0 Å². The van der Waals surface area contributed by atoms with Crippen LogP contribution in [-0.4, -0.2) is 63.7 Å². The summed E-state index contributed by atoms with van der Waals surface area (Å²) in [6, 6.07) is 5.50. The number of halogens is 3. The van der Waals surface area contributed by atoms with Crippen molar-refractivity contribution in [2.45, 2.75) is 12.6 Å². The first-order valence-electron chi connectivity index (χ1n) is 8.46. The Morgan fingerprint density at radius 2 is 1.92 bits per heavy atom. The molecule has 0 unspecified atom stereocenters. The van der Waals surface area contributed by atoms with Gasteiger partial charge in [-0.15, -0.1) is 0 Å². The first-order valence-corrected chi connectivity index (χ1v) is 8.46. The minimum Gasteiger partial charge on any atom is -0.369 e. The Labute approximate surface area is 146 Å². The molecule has 2 rings (SSSR count). The van der Waals surface area contributed by atoms with Crippen LogP contribution in [0.4, 0.5) is 18.9 Å². The van der Waals surface area contributed by atoms with E-state index in [-0.39, 0.29) is 5.91 Å². The highest BCUT2D eigenvalue weighted by Gasteiger charge is 2.31. The minimum atomic E-state index is -4.31. The Hall–Kier alpha value is -1.80. The molecule has 0 radical (unpaired) electrons. The molecule has 0 atom stereocenters. The summed E-state index contributed by atoms with van der Waals surface area (Å²) in [6.45, 7) is 4.84. The van der Waals surface area contributed by atoms with Gasteiger partial charge in [-0.2, -0.15) is 13.2 Å². The van der Waals surface area contributed by atoms with E-state index in [4.69, 9.17) is 0 Å². The van der Waals surface area contributed by atoms with E-state index in [1.165, 1.54) is 12.1 Å². The van der Waals surface area contributed by atoms with Gasteiger partial charge in [0, 0.05) is 38.4 Å². The van der Waals surface area contributed by atoms with Crippen LogP contribution in [0, 0.1) is 0 Å². The van der Waals surface area contributed by atoms with Crippen molar-refractivity contribution in [3.63, 3.8) is 0 Å². The van der Waals surface area contributed by atoms with Crippen molar-refractivity contribution < 1.29 is 18.0 Å². The van der Waals surface area contributed by atoms with Crippen LogP contribution in [0.3, 0.4) is 0 Å². The number of nitrogens with one attached hydrogen (secondary N) is 2. The molecule has 1 heterocycles. The van der Waals surface area contributed by atoms with E-state index in [1.54, 1.807) is 13.1 Å². The molecule has 1 saturated heterocycles. The molecule has 1 aliphatic heterocycles. The van der Waals surface area contributed by atoms with Gasteiger partial charge in [0.1, 0.15) is 0 Å². The van der Waals surface area contributed by atoms with Gasteiger partial charge in [-0.05, 0) is 38.2 Å². The lowest BCUT2D eigenvalue weighted by Crippen LogP contribution is -2.47. The quantitative estimate of drug-likeness (QED) is 0.726. The van der Waals surface area contributed by atoms with Crippen molar-refractivity contribution in [2.24, 2.45) is 0 Å². The Morgan fingerprint density at radius 1 is 1.20 bits per heavy atom. The topological polar surface area (TPSA) is 47.6 Å². The summed E-state index contributed by atoms with van der Waals surface area (Å²) in [6.07, 6.45) is -3.45. The average Bonchev–Trinajstić information content (AvgIpc) is 2.59. The molecule has 0 saturated carbocycles. The first-order chi connectivity index (χ1) is 11.9. The number of likely N-dealkylation sites (N-methyl/N-ethyl adjacent to an activating group) is 1. The van der Waals surface area contributed by atoms with Crippen LogP contribution in [0.15, 0.2) is 24.3 Å². The number of piperazine rings is 1. The van der Waals surface area contributed by atoms with Gasteiger partial charge in [-0.3, -0.25) is 9.69 Å². The number of nitrogens with zero attached hydrogens (tertiary/aromatic N) is 2. The zero-order valence-electron chi connectivity index (χ0n) is 14.4. The van der Waals surface area contributed by atoms with E-state index in [0.717, 1.165) is 32.1 Å². The van der Waals surface area contributed by atoms with Crippen LogP contribution >= 0.6 is 0 Å². The number of carbonyl (C=O) groups is 1. The van der Waals surface area contributed by atoms with E-state index in [0.29, 0.717) is 31.9 Å². The molecule has 1 amide bonds. The predicted molar refractivity (Wildman–Crippen MR) is 91.7 cm³/mol. The minimum absolute atomic E-state index is 0.0168. The molecule has 25 heavy (non-hydrogen) atoms. The second-order valence-corrected chi connectivity index (χ2v) is 6.11. The van der Waals surface area contributed by atoms with Crippen LogP contribution in [0.25, 0.3) is 0 Å². The molecular weight excluding hydrogens is 333 g/mol. The van der Waals surface area contributed by atoms with Crippen molar-refractivity contribution >= 4 is 11.6 Å². The molecule has 5 nitrogen and oxygen atoms in total. The summed E-state index contributed by atoms with van der Waals surface area (Å²) in [5, 5.41) is 5.63. The van der Waals surface area contributed by atoms with Gasteiger partial charge in [0.05, 0.1) is 12.1 Å². The summed E-state index contributed by atoms with van der Waals surface area (Å²) in [4.78, 5) is 15.6. The molecule has 0 aromatic heterocycles. The zero-order chi connectivity index (χ0) is 18.3. The van der Waals surface area contributed by atoms with Crippen molar-refractivity contribution in [3.8, 4) is 0 Å². The zero-order valence-corrected chi connectivity index (χ0v) is 14.4. The summed E-state index contributed by atoms with van der Waals surface area (Å²) >= 11 is 0. The van der Waals surface area contributed by atoms with Crippen LogP contribution in [0.2, 0.25) is 0 Å². The molecular formula is C17H25F3N4O. The number of alkyl halides is 3. The van der Waals surface area contributed by atoms with Crippen LogP contribution in [-0.2, 0) is 11.0 Å². The van der Waals surface area contributed by atoms with Crippen LogP contribution < -0.4 is 15.5 Å². The van der Waals surface area contributed by atoms with Gasteiger partial charge in [0.2, 0.25) is 5.91 Å². The maximum absolute atomic E-state index is 12.8. The van der Waals surface area contributed by atoms with Gasteiger partial charge in [0.25, 0.3) is 0 Å². The highest BCUT2D eigenvalue weighted by atomic mass is 19.4. The Bertz CT molecular complexity index is 557. The third-order valence-electron chi connectivity index (χ3n) is 4.22. The number of hydrogen-bond acceptors (Lipinski definition) is 4. The first kappa shape index (κ1) is 19.5. The van der Waals surface area contributed by atoms with Crippen molar-refractivity contribution in [2.75, 3.05) is 57.8 Å². The van der Waals surface area contributed by atoms with E-state index in [1.807, 2.05) is 4.90 Å². The normalized spacial score (nSPS) is 16.1. The van der Waals surface area contributed by atoms with Gasteiger partial charge in [-0.1, -0.05) is 6.07 Å². The Morgan fingerprint density at radius 3 is 2.56 bits per heavy atom. The molecule has 1 aliphatic rings. The smallest absolute Gasteiger partial charge is 0.369 e. The third kappa shape index (κ3) is 6.21. The summed E-state index contributed by atoms with van der Waals surface area (Å²) in [5.41, 5.74) is 0.0125.